The summed E-state index contributed by atoms with van der Waals surface area (Å²) in [6.07, 6.45) is 0. The van der Waals surface area contributed by atoms with Crippen LogP contribution in [0, 0.1) is 0 Å². The third kappa shape index (κ3) is 5.23. The molecule has 1 amide bonds. The first-order valence-corrected chi connectivity index (χ1v) is 10.5. The second-order valence-corrected chi connectivity index (χ2v) is 8.92. The Kier molecular flexibility index (Phi) is 6.57. The molecule has 3 rings (SSSR count). The number of hydrogen-bond acceptors (Lipinski definition) is 6. The molecule has 1 saturated heterocycles. The number of piperazine rings is 1. The summed E-state index contributed by atoms with van der Waals surface area (Å²) in [5.74, 6) is 1.24. The number of carbonyl (C=O) groups is 1. The van der Waals surface area contributed by atoms with E-state index in [1.165, 1.54) is 0 Å². The fourth-order valence-corrected chi connectivity index (χ4v) is 4.11. The molecule has 6 nitrogen and oxygen atoms in total. The first-order valence-electron chi connectivity index (χ1n) is 9.57. The topological polar surface area (TPSA) is 54.9 Å². The van der Waals surface area contributed by atoms with Gasteiger partial charge in [-0.05, 0) is 12.1 Å². The average Bonchev–Trinajstić information content (AvgIpc) is 3.16. The molecular formula is C21H29N3O3S. The Morgan fingerprint density at radius 3 is 2.43 bits per heavy atom. The molecule has 152 valence electrons. The molecular weight excluding hydrogens is 374 g/mol. The van der Waals surface area contributed by atoms with Crippen LogP contribution in [0.4, 0.5) is 0 Å². The normalized spacial score (nSPS) is 15.5. The molecule has 28 heavy (non-hydrogen) atoms. The summed E-state index contributed by atoms with van der Waals surface area (Å²) in [4.78, 5) is 21.5. The van der Waals surface area contributed by atoms with Crippen molar-refractivity contribution < 1.29 is 14.3 Å². The molecule has 1 aromatic heterocycles. The van der Waals surface area contributed by atoms with Gasteiger partial charge < -0.3 is 14.4 Å². The summed E-state index contributed by atoms with van der Waals surface area (Å²) in [5, 5.41) is 3.30. The van der Waals surface area contributed by atoms with E-state index in [9.17, 15) is 4.79 Å². The average molecular weight is 404 g/mol. The molecule has 2 heterocycles. The zero-order chi connectivity index (χ0) is 20.1. The van der Waals surface area contributed by atoms with Gasteiger partial charge in [-0.15, -0.1) is 11.3 Å². The van der Waals surface area contributed by atoms with Crippen LogP contribution in [0.25, 0.3) is 0 Å². The molecule has 0 spiro atoms. The van der Waals surface area contributed by atoms with Crippen LogP contribution in [0.15, 0.2) is 29.6 Å². The molecule has 1 aliphatic heterocycles. The highest BCUT2D eigenvalue weighted by Gasteiger charge is 2.23. The van der Waals surface area contributed by atoms with Crippen molar-refractivity contribution in [2.75, 3.05) is 39.9 Å². The number of rotatable bonds is 6. The van der Waals surface area contributed by atoms with Crippen LogP contribution < -0.4 is 9.47 Å². The van der Waals surface area contributed by atoms with Gasteiger partial charge in [0.1, 0.15) is 5.01 Å². The number of ether oxygens (including phenoxy) is 2. The lowest BCUT2D eigenvalue weighted by molar-refractivity contribution is -0.135. The lowest BCUT2D eigenvalue weighted by atomic mass is 9.93. The number of thiazole rings is 1. The minimum absolute atomic E-state index is 0.00910. The number of methoxy groups -OCH3 is 1. The van der Waals surface area contributed by atoms with Crippen molar-refractivity contribution >= 4 is 17.2 Å². The van der Waals surface area contributed by atoms with Crippen LogP contribution in [0.2, 0.25) is 0 Å². The van der Waals surface area contributed by atoms with Crippen molar-refractivity contribution in [2.45, 2.75) is 32.7 Å². The fourth-order valence-electron chi connectivity index (χ4n) is 3.04. The second kappa shape index (κ2) is 8.92. The van der Waals surface area contributed by atoms with Gasteiger partial charge in [0, 0.05) is 37.0 Å². The van der Waals surface area contributed by atoms with Crippen LogP contribution in [0.3, 0.4) is 0 Å². The Morgan fingerprint density at radius 1 is 1.14 bits per heavy atom. The highest BCUT2D eigenvalue weighted by Crippen LogP contribution is 2.26. The maximum Gasteiger partial charge on any atom is 0.260 e. The molecule has 1 aromatic carbocycles. The van der Waals surface area contributed by atoms with Gasteiger partial charge in [-0.3, -0.25) is 9.69 Å². The largest absolute Gasteiger partial charge is 0.493 e. The van der Waals surface area contributed by atoms with Crippen molar-refractivity contribution in [1.29, 1.82) is 0 Å². The Bertz CT molecular complexity index is 792. The number of hydrogen-bond donors (Lipinski definition) is 0. The lowest BCUT2D eigenvalue weighted by Gasteiger charge is -2.34. The minimum Gasteiger partial charge on any atom is -0.493 e. The summed E-state index contributed by atoms with van der Waals surface area (Å²) in [5.41, 5.74) is 1.23. The molecule has 0 bridgehead atoms. The van der Waals surface area contributed by atoms with E-state index >= 15 is 0 Å². The Balaban J connectivity index is 1.45. The molecule has 0 N–H and O–H groups in total. The summed E-state index contributed by atoms with van der Waals surface area (Å²) in [7, 11) is 1.59. The summed E-state index contributed by atoms with van der Waals surface area (Å²) in [6.45, 7) is 10.6. The van der Waals surface area contributed by atoms with Gasteiger partial charge in [0.25, 0.3) is 5.91 Å². The smallest absolute Gasteiger partial charge is 0.260 e. The van der Waals surface area contributed by atoms with E-state index in [-0.39, 0.29) is 17.9 Å². The van der Waals surface area contributed by atoms with E-state index in [0.717, 1.165) is 30.3 Å². The van der Waals surface area contributed by atoms with E-state index in [2.05, 4.69) is 31.1 Å². The molecule has 2 aromatic rings. The monoisotopic (exact) mass is 403 g/mol. The van der Waals surface area contributed by atoms with Gasteiger partial charge in [0.05, 0.1) is 19.3 Å². The summed E-state index contributed by atoms with van der Waals surface area (Å²) >= 11 is 1.72. The highest BCUT2D eigenvalue weighted by atomic mass is 32.1. The zero-order valence-electron chi connectivity index (χ0n) is 17.1. The quantitative estimate of drug-likeness (QED) is 0.742. The lowest BCUT2D eigenvalue weighted by Crippen LogP contribution is -2.49. The number of nitrogens with zero attached hydrogens (tertiary/aromatic N) is 3. The minimum atomic E-state index is 0.00910. The number of aromatic nitrogens is 1. The van der Waals surface area contributed by atoms with Crippen LogP contribution in [0.1, 0.15) is 31.5 Å². The van der Waals surface area contributed by atoms with E-state index in [1.54, 1.807) is 18.4 Å². The molecule has 0 atom stereocenters. The van der Waals surface area contributed by atoms with Gasteiger partial charge in [-0.1, -0.05) is 32.9 Å². The van der Waals surface area contributed by atoms with Crippen LogP contribution in [-0.2, 0) is 16.8 Å². The number of carbonyl (C=O) groups excluding carboxylic acids is 1. The van der Waals surface area contributed by atoms with Crippen LogP contribution in [0.5, 0.6) is 11.5 Å². The van der Waals surface area contributed by atoms with Crippen molar-refractivity contribution in [3.8, 4) is 11.5 Å². The van der Waals surface area contributed by atoms with Crippen molar-refractivity contribution in [2.24, 2.45) is 0 Å². The van der Waals surface area contributed by atoms with E-state index < -0.39 is 0 Å². The maximum absolute atomic E-state index is 12.5. The highest BCUT2D eigenvalue weighted by molar-refractivity contribution is 7.09. The molecule has 1 fully saturated rings. The van der Waals surface area contributed by atoms with Crippen LogP contribution in [-0.4, -0.2) is 60.6 Å². The SMILES string of the molecule is COc1ccccc1OCC(=O)N1CCN(Cc2nc(C(C)(C)C)cs2)CC1. The van der Waals surface area contributed by atoms with Crippen molar-refractivity contribution in [1.82, 2.24) is 14.8 Å². The molecule has 0 unspecified atom stereocenters. The standard InChI is InChI=1S/C21H29N3O3S/c1-21(2,3)18-15-28-19(22-18)13-23-9-11-24(12-10-23)20(25)14-27-17-8-6-5-7-16(17)26-4/h5-8,15H,9-14H2,1-4H3. The molecule has 7 heteroatoms. The Hall–Kier alpha value is -2.12. The van der Waals surface area contributed by atoms with Crippen molar-refractivity contribution in [3.05, 3.63) is 40.3 Å². The molecule has 0 radical (unpaired) electrons. The summed E-state index contributed by atoms with van der Waals surface area (Å²) in [6, 6.07) is 7.37. The fraction of sp³-hybridized carbons (Fsp3) is 0.524. The van der Waals surface area contributed by atoms with E-state index in [4.69, 9.17) is 14.5 Å². The predicted molar refractivity (Wildman–Crippen MR) is 111 cm³/mol. The van der Waals surface area contributed by atoms with Gasteiger partial charge in [0.2, 0.25) is 0 Å². The number of benzene rings is 1. The second-order valence-electron chi connectivity index (χ2n) is 7.97. The Labute approximate surface area is 171 Å². The zero-order valence-corrected chi connectivity index (χ0v) is 17.9. The van der Waals surface area contributed by atoms with Crippen molar-refractivity contribution in [3.63, 3.8) is 0 Å². The van der Waals surface area contributed by atoms with Gasteiger partial charge >= 0.3 is 0 Å². The molecule has 1 aliphatic rings. The number of amides is 1. The first kappa shape index (κ1) is 20.6. The Morgan fingerprint density at radius 2 is 1.82 bits per heavy atom. The van der Waals surface area contributed by atoms with Gasteiger partial charge in [0.15, 0.2) is 18.1 Å². The third-order valence-electron chi connectivity index (χ3n) is 4.82. The summed E-state index contributed by atoms with van der Waals surface area (Å²) < 4.78 is 10.9. The van der Waals surface area contributed by atoms with Gasteiger partial charge in [-0.25, -0.2) is 4.98 Å². The third-order valence-corrected chi connectivity index (χ3v) is 5.66. The van der Waals surface area contributed by atoms with E-state index in [0.29, 0.717) is 24.6 Å². The van der Waals surface area contributed by atoms with E-state index in [1.807, 2.05) is 29.2 Å². The maximum atomic E-state index is 12.5. The predicted octanol–water partition coefficient (Wildman–Crippen LogP) is 3.17. The number of para-hydroxylation sites is 2. The van der Waals surface area contributed by atoms with Crippen LogP contribution >= 0.6 is 11.3 Å². The first-order chi connectivity index (χ1) is 13.4. The van der Waals surface area contributed by atoms with Gasteiger partial charge in [-0.2, -0.15) is 0 Å². The molecule has 0 aliphatic carbocycles. The molecule has 0 saturated carbocycles.